The van der Waals surface area contributed by atoms with Gasteiger partial charge in [-0.05, 0) is 93.1 Å². The molecule has 55 heavy (non-hydrogen) atoms. The summed E-state index contributed by atoms with van der Waals surface area (Å²) in [5, 5.41) is 6.11. The molecule has 1 saturated carbocycles. The summed E-state index contributed by atoms with van der Waals surface area (Å²) in [5.41, 5.74) is 5.09. The van der Waals surface area contributed by atoms with Crippen LogP contribution in [-0.4, -0.2) is 91.5 Å². The number of rotatable bonds is 9. The van der Waals surface area contributed by atoms with Crippen LogP contribution >= 0.6 is 11.3 Å². The number of amides is 4. The SMILES string of the molecule is COc1cc(-c2cn(C)c(=O)c3cc(C(=O)NC4CC5(CCN(c6ccc7c(c6)C(=O)N(C6CCC(=O)NC6=O)C7)CC5)C4)sc23)cc(OC)c1CN(C)C. The van der Waals surface area contributed by atoms with Gasteiger partial charge in [0.05, 0.1) is 30.0 Å². The number of carbonyl (C=O) groups is 4. The van der Waals surface area contributed by atoms with Gasteiger partial charge in [-0.25, -0.2) is 0 Å². The fourth-order valence-corrected chi connectivity index (χ4v) is 10.00. The average Bonchev–Trinajstić information content (AvgIpc) is 3.74. The predicted octanol–water partition coefficient (Wildman–Crippen LogP) is 4.29. The first kappa shape index (κ1) is 36.8. The Morgan fingerprint density at radius 2 is 1.71 bits per heavy atom. The Morgan fingerprint density at radius 3 is 2.36 bits per heavy atom. The number of thiophene rings is 1. The van der Waals surface area contributed by atoms with Crippen LogP contribution < -0.4 is 30.6 Å². The summed E-state index contributed by atoms with van der Waals surface area (Å²) < 4.78 is 13.8. The number of benzene rings is 2. The van der Waals surface area contributed by atoms with Gasteiger partial charge in [-0.3, -0.25) is 29.3 Å². The molecule has 13 nitrogen and oxygen atoms in total. The Balaban J connectivity index is 0.918. The normalized spacial score (nSPS) is 19.5. The molecule has 4 aliphatic rings. The van der Waals surface area contributed by atoms with Gasteiger partial charge >= 0.3 is 0 Å². The van der Waals surface area contributed by atoms with Crippen molar-refractivity contribution in [2.75, 3.05) is 46.3 Å². The van der Waals surface area contributed by atoms with E-state index in [2.05, 4.69) is 21.6 Å². The van der Waals surface area contributed by atoms with Gasteiger partial charge in [0.15, 0.2) is 0 Å². The van der Waals surface area contributed by atoms with E-state index >= 15 is 0 Å². The molecule has 1 unspecified atom stereocenters. The third kappa shape index (κ3) is 6.64. The van der Waals surface area contributed by atoms with E-state index in [1.807, 2.05) is 49.5 Å². The lowest BCUT2D eigenvalue weighted by molar-refractivity contribution is -0.136. The van der Waals surface area contributed by atoms with E-state index in [0.29, 0.717) is 46.8 Å². The van der Waals surface area contributed by atoms with Crippen LogP contribution in [0.15, 0.2) is 47.4 Å². The zero-order valence-electron chi connectivity index (χ0n) is 31.8. The van der Waals surface area contributed by atoms with E-state index in [-0.39, 0.29) is 41.2 Å². The number of fused-ring (bicyclic) bond motifs is 2. The van der Waals surface area contributed by atoms with Crippen LogP contribution in [0.5, 0.6) is 11.5 Å². The number of imide groups is 1. The molecule has 288 valence electrons. The Morgan fingerprint density at radius 1 is 1.00 bits per heavy atom. The minimum atomic E-state index is -0.628. The van der Waals surface area contributed by atoms with Gasteiger partial charge < -0.3 is 34.1 Å². The van der Waals surface area contributed by atoms with Gasteiger partial charge in [-0.1, -0.05) is 6.07 Å². The van der Waals surface area contributed by atoms with Crippen LogP contribution in [0.4, 0.5) is 5.69 Å². The minimum Gasteiger partial charge on any atom is -0.496 e. The van der Waals surface area contributed by atoms with E-state index in [0.717, 1.165) is 71.4 Å². The number of anilines is 1. The van der Waals surface area contributed by atoms with Crippen molar-refractivity contribution in [1.29, 1.82) is 0 Å². The first-order chi connectivity index (χ1) is 26.4. The van der Waals surface area contributed by atoms with Crippen molar-refractivity contribution in [2.24, 2.45) is 12.5 Å². The maximum atomic E-state index is 13.7. The maximum Gasteiger partial charge on any atom is 0.261 e. The summed E-state index contributed by atoms with van der Waals surface area (Å²) in [6, 6.07) is 11.0. The molecule has 4 aromatic rings. The number of aromatic nitrogens is 1. The lowest BCUT2D eigenvalue weighted by Gasteiger charge is -2.52. The number of carbonyl (C=O) groups excluding carboxylic acids is 4. The highest BCUT2D eigenvalue weighted by atomic mass is 32.1. The highest BCUT2D eigenvalue weighted by Gasteiger charge is 2.47. The number of methoxy groups -OCH3 is 2. The number of piperidine rings is 2. The van der Waals surface area contributed by atoms with Gasteiger partial charge in [-0.15, -0.1) is 11.3 Å². The zero-order chi connectivity index (χ0) is 38.8. The number of nitrogens with zero attached hydrogens (tertiary/aromatic N) is 4. The van der Waals surface area contributed by atoms with Crippen molar-refractivity contribution in [2.45, 2.75) is 63.7 Å². The monoisotopic (exact) mass is 766 g/mol. The molecule has 1 aliphatic carbocycles. The Labute approximate surface area is 323 Å². The fourth-order valence-electron chi connectivity index (χ4n) is 8.91. The smallest absolute Gasteiger partial charge is 0.261 e. The van der Waals surface area contributed by atoms with Crippen molar-refractivity contribution in [3.8, 4) is 22.6 Å². The van der Waals surface area contributed by atoms with Crippen molar-refractivity contribution in [1.82, 2.24) is 25.0 Å². The Hall–Kier alpha value is -5.21. The van der Waals surface area contributed by atoms with Gasteiger partial charge in [-0.2, -0.15) is 0 Å². The van der Waals surface area contributed by atoms with Crippen molar-refractivity contribution < 1.29 is 28.7 Å². The molecule has 5 heterocycles. The lowest BCUT2D eigenvalue weighted by atomic mass is 9.60. The van der Waals surface area contributed by atoms with E-state index in [1.54, 1.807) is 36.8 Å². The topological polar surface area (TPSA) is 143 Å². The molecule has 4 amide bonds. The van der Waals surface area contributed by atoms with Crippen molar-refractivity contribution in [3.05, 3.63) is 74.5 Å². The van der Waals surface area contributed by atoms with Crippen LogP contribution in [0, 0.1) is 5.41 Å². The summed E-state index contributed by atoms with van der Waals surface area (Å²) >= 11 is 1.33. The van der Waals surface area contributed by atoms with Crippen LogP contribution in [0.3, 0.4) is 0 Å². The molecule has 1 atom stereocenters. The van der Waals surface area contributed by atoms with Gasteiger partial charge in [0.2, 0.25) is 11.8 Å². The van der Waals surface area contributed by atoms with Gasteiger partial charge in [0.1, 0.15) is 17.5 Å². The second kappa shape index (κ2) is 14.1. The molecule has 2 aromatic carbocycles. The molecule has 0 radical (unpaired) electrons. The summed E-state index contributed by atoms with van der Waals surface area (Å²) in [5.74, 6) is 0.337. The number of ether oxygens (including phenoxy) is 2. The third-order valence-corrected chi connectivity index (χ3v) is 13.0. The van der Waals surface area contributed by atoms with Crippen LogP contribution in [0.1, 0.15) is 69.7 Å². The van der Waals surface area contributed by atoms with Crippen molar-refractivity contribution in [3.63, 3.8) is 0 Å². The predicted molar refractivity (Wildman–Crippen MR) is 210 cm³/mol. The molecule has 3 aliphatic heterocycles. The molecule has 1 spiro atoms. The quantitative estimate of drug-likeness (QED) is 0.239. The number of nitrogens with one attached hydrogen (secondary N) is 2. The molecule has 2 saturated heterocycles. The fraction of sp³-hybridized carbons (Fsp3) is 0.439. The van der Waals surface area contributed by atoms with Crippen molar-refractivity contribution >= 4 is 50.7 Å². The second-order valence-corrected chi connectivity index (χ2v) is 16.8. The van der Waals surface area contributed by atoms with E-state index in [4.69, 9.17) is 9.47 Å². The average molecular weight is 767 g/mol. The van der Waals surface area contributed by atoms with Crippen LogP contribution in [-0.2, 0) is 29.7 Å². The summed E-state index contributed by atoms with van der Waals surface area (Å²) in [6.07, 6.45) is 6.14. The molecule has 2 N–H and O–H groups in total. The number of hydrogen-bond acceptors (Lipinski definition) is 10. The first-order valence-electron chi connectivity index (χ1n) is 18.7. The number of pyridine rings is 1. The molecule has 2 aromatic heterocycles. The zero-order valence-corrected chi connectivity index (χ0v) is 32.6. The summed E-state index contributed by atoms with van der Waals surface area (Å²) in [6.45, 7) is 2.69. The third-order valence-electron chi connectivity index (χ3n) is 11.9. The standard InChI is InChI=1S/C41H46N6O7S/c1-44(2)21-30-32(53-4)14-24(15-33(30)54-5)29-22-45(3)39(51)28-17-34(55-36(28)29)38(50)42-25-18-41(19-25)10-12-46(13-11-41)26-7-6-23-20-47(40(52)27(23)16-26)31-8-9-35(48)43-37(31)49/h6-7,14-17,22,25,31H,8-13,18-21H2,1-5H3,(H,42,50)(H,43,48,49). The highest BCUT2D eigenvalue weighted by molar-refractivity contribution is 7.21. The largest absolute Gasteiger partial charge is 0.496 e. The van der Waals surface area contributed by atoms with Gasteiger partial charge in [0, 0.05) is 73.4 Å². The number of hydrogen-bond donors (Lipinski definition) is 2. The van der Waals surface area contributed by atoms with E-state index in [9.17, 15) is 24.0 Å². The molecule has 14 heteroatoms. The molecular formula is C41H46N6O7S. The molecule has 8 rings (SSSR count). The Bertz CT molecular complexity index is 2270. The Kier molecular flexibility index (Phi) is 9.44. The molecular weight excluding hydrogens is 721 g/mol. The highest BCUT2D eigenvalue weighted by Crippen LogP contribution is 2.50. The second-order valence-electron chi connectivity index (χ2n) is 15.7. The van der Waals surface area contributed by atoms with Crippen LogP contribution in [0.25, 0.3) is 21.2 Å². The van der Waals surface area contributed by atoms with Gasteiger partial charge in [0.25, 0.3) is 17.4 Å². The minimum absolute atomic E-state index is 0.0557. The molecule has 3 fully saturated rings. The van der Waals surface area contributed by atoms with E-state index in [1.165, 1.54) is 11.3 Å². The maximum absolute atomic E-state index is 13.7. The number of aryl methyl sites for hydroxylation is 1. The summed E-state index contributed by atoms with van der Waals surface area (Å²) in [7, 11) is 8.95. The lowest BCUT2D eigenvalue weighted by Crippen LogP contribution is -2.55. The van der Waals surface area contributed by atoms with E-state index < -0.39 is 11.9 Å². The van der Waals surface area contributed by atoms with Crippen LogP contribution in [0.2, 0.25) is 0 Å². The summed E-state index contributed by atoms with van der Waals surface area (Å²) in [4.78, 5) is 70.9. The first-order valence-corrected chi connectivity index (χ1v) is 19.5. The molecule has 0 bridgehead atoms.